The molecule has 0 saturated carbocycles. The van der Waals surface area contributed by atoms with Gasteiger partial charge in [0.1, 0.15) is 11.5 Å². The second-order valence-electron chi connectivity index (χ2n) is 6.47. The highest BCUT2D eigenvalue weighted by molar-refractivity contribution is 5.78. The summed E-state index contributed by atoms with van der Waals surface area (Å²) in [6, 6.07) is 14.4. The number of para-hydroxylation sites is 2. The van der Waals surface area contributed by atoms with Crippen LogP contribution in [0.1, 0.15) is 12.0 Å². The Kier molecular flexibility index (Phi) is 5.63. The number of aliphatic hydroxyl groups is 1. The topological polar surface area (TPSA) is 73.2 Å². The summed E-state index contributed by atoms with van der Waals surface area (Å²) >= 11 is 0. The van der Waals surface area contributed by atoms with Gasteiger partial charge in [0.2, 0.25) is 0 Å². The van der Waals surface area contributed by atoms with E-state index in [-0.39, 0.29) is 30.9 Å². The molecule has 1 heterocycles. The molecular formula is C20H24N2O4. The number of rotatable bonds is 6. The summed E-state index contributed by atoms with van der Waals surface area (Å²) in [7, 11) is 1.94. The van der Waals surface area contributed by atoms with Crippen molar-refractivity contribution in [2.45, 2.75) is 19.1 Å². The number of phenols is 1. The normalized spacial score (nSPS) is 16.5. The fourth-order valence-electron chi connectivity index (χ4n) is 3.17. The Morgan fingerprint density at radius 3 is 2.65 bits per heavy atom. The van der Waals surface area contributed by atoms with Crippen LogP contribution in [0.15, 0.2) is 48.5 Å². The molecule has 6 nitrogen and oxygen atoms in total. The first kappa shape index (κ1) is 18.1. The monoisotopic (exact) mass is 356 g/mol. The number of likely N-dealkylation sites (N-methyl/N-ethyl adjacent to an activating group) is 1. The highest BCUT2D eigenvalue weighted by Gasteiger charge is 2.29. The van der Waals surface area contributed by atoms with Gasteiger partial charge in [-0.05, 0) is 36.2 Å². The maximum absolute atomic E-state index is 12.4. The van der Waals surface area contributed by atoms with E-state index >= 15 is 0 Å². The third-order valence-corrected chi connectivity index (χ3v) is 4.79. The second kappa shape index (κ2) is 8.10. The van der Waals surface area contributed by atoms with Gasteiger partial charge in [-0.15, -0.1) is 0 Å². The van der Waals surface area contributed by atoms with Crippen LogP contribution in [-0.2, 0) is 11.4 Å². The van der Waals surface area contributed by atoms with Gasteiger partial charge in [-0.25, -0.2) is 0 Å². The average Bonchev–Trinajstić information content (AvgIpc) is 3.16. The number of likely N-dealkylation sites (tertiary alicyclic amines) is 1. The summed E-state index contributed by atoms with van der Waals surface area (Å²) in [6.07, 6.45) is 0.849. The molecule has 0 aliphatic carbocycles. The minimum atomic E-state index is -0.0515. The number of hydrogen-bond acceptors (Lipinski definition) is 5. The van der Waals surface area contributed by atoms with Crippen molar-refractivity contribution in [1.29, 1.82) is 0 Å². The van der Waals surface area contributed by atoms with Crippen molar-refractivity contribution in [2.24, 2.45) is 0 Å². The zero-order valence-corrected chi connectivity index (χ0v) is 14.8. The Morgan fingerprint density at radius 1 is 1.23 bits per heavy atom. The molecule has 2 aromatic carbocycles. The van der Waals surface area contributed by atoms with Crippen molar-refractivity contribution >= 4 is 11.6 Å². The number of aliphatic hydroxyl groups excluding tert-OH is 1. The maximum atomic E-state index is 12.4. The summed E-state index contributed by atoms with van der Waals surface area (Å²) in [5.74, 6) is 0.802. The highest BCUT2D eigenvalue weighted by atomic mass is 16.5. The Balaban J connectivity index is 1.52. The second-order valence-corrected chi connectivity index (χ2v) is 6.47. The molecule has 138 valence electrons. The molecule has 26 heavy (non-hydrogen) atoms. The van der Waals surface area contributed by atoms with Gasteiger partial charge >= 0.3 is 0 Å². The van der Waals surface area contributed by atoms with Crippen LogP contribution in [0.4, 0.5) is 5.69 Å². The van der Waals surface area contributed by atoms with E-state index in [0.29, 0.717) is 18.8 Å². The van der Waals surface area contributed by atoms with Crippen LogP contribution < -0.4 is 9.64 Å². The molecule has 6 heteroatoms. The largest absolute Gasteiger partial charge is 0.506 e. The number of ether oxygens (including phenoxy) is 1. The number of amides is 1. The van der Waals surface area contributed by atoms with Gasteiger partial charge in [-0.3, -0.25) is 4.79 Å². The van der Waals surface area contributed by atoms with E-state index in [2.05, 4.69) is 0 Å². The molecule has 0 aromatic heterocycles. The molecule has 0 radical (unpaired) electrons. The first-order chi connectivity index (χ1) is 12.6. The highest BCUT2D eigenvalue weighted by Crippen LogP contribution is 2.29. The lowest BCUT2D eigenvalue weighted by Crippen LogP contribution is -2.38. The van der Waals surface area contributed by atoms with Gasteiger partial charge in [0.05, 0.1) is 12.3 Å². The summed E-state index contributed by atoms with van der Waals surface area (Å²) in [6.45, 7) is 1.26. The maximum Gasteiger partial charge on any atom is 0.260 e. The number of nitrogens with zero attached hydrogens (tertiary/aromatic N) is 2. The van der Waals surface area contributed by atoms with Gasteiger partial charge in [0.15, 0.2) is 6.61 Å². The fraction of sp³-hybridized carbons (Fsp3) is 0.350. The smallest absolute Gasteiger partial charge is 0.260 e. The lowest BCUT2D eigenvalue weighted by atomic mass is 10.2. The lowest BCUT2D eigenvalue weighted by Gasteiger charge is -2.27. The summed E-state index contributed by atoms with van der Waals surface area (Å²) in [4.78, 5) is 16.2. The van der Waals surface area contributed by atoms with Gasteiger partial charge in [0, 0.05) is 26.2 Å². The van der Waals surface area contributed by atoms with Crippen LogP contribution in [0.5, 0.6) is 11.5 Å². The Labute approximate surface area is 153 Å². The Bertz CT molecular complexity index is 748. The van der Waals surface area contributed by atoms with Gasteiger partial charge < -0.3 is 24.7 Å². The molecule has 2 N–H and O–H groups in total. The number of anilines is 1. The number of aromatic hydroxyl groups is 1. The predicted molar refractivity (Wildman–Crippen MR) is 99.4 cm³/mol. The molecular weight excluding hydrogens is 332 g/mol. The van der Waals surface area contributed by atoms with Crippen LogP contribution in [0, 0.1) is 0 Å². The van der Waals surface area contributed by atoms with E-state index in [1.54, 1.807) is 41.3 Å². The van der Waals surface area contributed by atoms with Crippen molar-refractivity contribution in [3.8, 4) is 11.5 Å². The van der Waals surface area contributed by atoms with Crippen molar-refractivity contribution in [1.82, 2.24) is 4.90 Å². The molecule has 3 rings (SSSR count). The van der Waals surface area contributed by atoms with Crippen LogP contribution in [-0.4, -0.2) is 53.8 Å². The summed E-state index contributed by atoms with van der Waals surface area (Å²) < 4.78 is 5.55. The van der Waals surface area contributed by atoms with Crippen molar-refractivity contribution in [2.75, 3.05) is 31.6 Å². The number of carbonyl (C=O) groups is 1. The van der Waals surface area contributed by atoms with Gasteiger partial charge in [-0.2, -0.15) is 0 Å². The number of carbonyl (C=O) groups excluding carboxylic acids is 1. The third-order valence-electron chi connectivity index (χ3n) is 4.79. The standard InChI is InChI=1S/C20H24N2O4/c1-21(18-4-2-3-5-19(18)24)16-10-11-22(12-16)20(25)14-26-17-8-6-15(13-23)7-9-17/h2-9,16,23-24H,10-14H2,1H3. The first-order valence-corrected chi connectivity index (χ1v) is 8.69. The van der Waals surface area contributed by atoms with E-state index < -0.39 is 0 Å². The molecule has 0 spiro atoms. The number of hydrogen-bond donors (Lipinski definition) is 2. The molecule has 1 saturated heterocycles. The van der Waals surface area contributed by atoms with Crippen molar-refractivity contribution in [3.63, 3.8) is 0 Å². The molecule has 1 amide bonds. The van der Waals surface area contributed by atoms with E-state index in [1.165, 1.54) is 0 Å². The number of phenolic OH excluding ortho intramolecular Hbond substituents is 1. The van der Waals surface area contributed by atoms with E-state index in [9.17, 15) is 9.90 Å². The zero-order chi connectivity index (χ0) is 18.5. The van der Waals surface area contributed by atoms with Crippen LogP contribution in [0.25, 0.3) is 0 Å². The lowest BCUT2D eigenvalue weighted by molar-refractivity contribution is -0.132. The summed E-state index contributed by atoms with van der Waals surface area (Å²) in [5, 5.41) is 19.0. The van der Waals surface area contributed by atoms with E-state index in [4.69, 9.17) is 9.84 Å². The zero-order valence-electron chi connectivity index (χ0n) is 14.8. The molecule has 2 aromatic rings. The SMILES string of the molecule is CN(c1ccccc1O)C1CCN(C(=O)COc2ccc(CO)cc2)C1. The molecule has 1 aliphatic rings. The minimum absolute atomic E-state index is 0.00844. The Hall–Kier alpha value is -2.73. The van der Waals surface area contributed by atoms with Crippen molar-refractivity contribution < 1.29 is 19.7 Å². The van der Waals surface area contributed by atoms with Gasteiger partial charge in [-0.1, -0.05) is 24.3 Å². The molecule has 1 aliphatic heterocycles. The van der Waals surface area contributed by atoms with Crippen LogP contribution >= 0.6 is 0 Å². The average molecular weight is 356 g/mol. The molecule has 1 unspecified atom stereocenters. The molecule has 0 bridgehead atoms. The summed E-state index contributed by atoms with van der Waals surface area (Å²) in [5.41, 5.74) is 1.57. The quantitative estimate of drug-likeness (QED) is 0.828. The molecule has 1 atom stereocenters. The van der Waals surface area contributed by atoms with Crippen LogP contribution in [0.3, 0.4) is 0 Å². The van der Waals surface area contributed by atoms with E-state index in [0.717, 1.165) is 17.7 Å². The Morgan fingerprint density at radius 2 is 1.96 bits per heavy atom. The fourth-order valence-corrected chi connectivity index (χ4v) is 3.17. The van der Waals surface area contributed by atoms with Gasteiger partial charge in [0.25, 0.3) is 5.91 Å². The van der Waals surface area contributed by atoms with E-state index in [1.807, 2.05) is 24.1 Å². The predicted octanol–water partition coefficient (Wildman–Crippen LogP) is 2.00. The molecule has 1 fully saturated rings. The third kappa shape index (κ3) is 4.08. The van der Waals surface area contributed by atoms with Crippen LogP contribution in [0.2, 0.25) is 0 Å². The first-order valence-electron chi connectivity index (χ1n) is 8.69. The van der Waals surface area contributed by atoms with Crippen molar-refractivity contribution in [3.05, 3.63) is 54.1 Å². The minimum Gasteiger partial charge on any atom is -0.506 e. The number of benzene rings is 2.